The highest BCUT2D eigenvalue weighted by atomic mass is 16.1. The van der Waals surface area contributed by atoms with Crippen LogP contribution in [0.5, 0.6) is 0 Å². The Labute approximate surface area is 106 Å². The molecule has 0 atom stereocenters. The molecule has 3 nitrogen and oxygen atoms in total. The highest BCUT2D eigenvalue weighted by Gasteiger charge is 2.04. The van der Waals surface area contributed by atoms with E-state index in [9.17, 15) is 4.79 Å². The molecular formula is C15H14N2O. The summed E-state index contributed by atoms with van der Waals surface area (Å²) in [4.78, 5) is 11.8. The minimum Gasteiger partial charge on any atom is -0.265 e. The molecule has 0 N–H and O–H groups in total. The lowest BCUT2D eigenvalue weighted by Gasteiger charge is -2.01. The van der Waals surface area contributed by atoms with Gasteiger partial charge in [-0.2, -0.15) is 0 Å². The Kier molecular flexibility index (Phi) is 3.63. The summed E-state index contributed by atoms with van der Waals surface area (Å²) in [5.41, 5.74) is 3.34. The summed E-state index contributed by atoms with van der Waals surface area (Å²) in [6, 6.07) is 14.8. The zero-order chi connectivity index (χ0) is 13.0. The molecule has 0 radical (unpaired) electrons. The summed E-state index contributed by atoms with van der Waals surface area (Å²) in [6.07, 6.45) is 0. The Morgan fingerprint density at radius 3 is 2.11 bits per heavy atom. The second-order valence-corrected chi connectivity index (χ2v) is 4.11. The second-order valence-electron chi connectivity index (χ2n) is 4.11. The molecule has 1 amide bonds. The van der Waals surface area contributed by atoms with Gasteiger partial charge in [-0.3, -0.25) is 4.79 Å². The van der Waals surface area contributed by atoms with Crippen molar-refractivity contribution >= 4 is 11.6 Å². The van der Waals surface area contributed by atoms with Gasteiger partial charge in [0.1, 0.15) is 0 Å². The van der Waals surface area contributed by atoms with Gasteiger partial charge in [0.15, 0.2) is 0 Å². The van der Waals surface area contributed by atoms with Gasteiger partial charge in [-0.15, -0.1) is 10.2 Å². The van der Waals surface area contributed by atoms with Crippen LogP contribution in [0, 0.1) is 13.8 Å². The third kappa shape index (κ3) is 2.69. The Morgan fingerprint density at radius 1 is 0.889 bits per heavy atom. The number of hydrogen-bond donors (Lipinski definition) is 0. The fourth-order valence-electron chi connectivity index (χ4n) is 1.70. The molecule has 0 aromatic heterocycles. The van der Waals surface area contributed by atoms with Crippen LogP contribution in [0.25, 0.3) is 0 Å². The molecule has 18 heavy (non-hydrogen) atoms. The van der Waals surface area contributed by atoms with E-state index in [0.29, 0.717) is 5.56 Å². The third-order valence-corrected chi connectivity index (χ3v) is 2.70. The summed E-state index contributed by atoms with van der Waals surface area (Å²) < 4.78 is 0. The van der Waals surface area contributed by atoms with Crippen molar-refractivity contribution < 1.29 is 4.79 Å². The standard InChI is InChI=1S/C15H14N2O/c1-11-7-6-8-12(2)14(11)16-17-15(18)13-9-4-3-5-10-13/h3-10H,1-2H3. The predicted molar refractivity (Wildman–Crippen MR) is 71.2 cm³/mol. The molecule has 0 aliphatic carbocycles. The maximum Gasteiger partial charge on any atom is 0.295 e. The number of azo groups is 1. The molecule has 0 heterocycles. The molecule has 2 aromatic rings. The van der Waals surface area contributed by atoms with Gasteiger partial charge in [0.2, 0.25) is 0 Å². The average Bonchev–Trinajstić information content (AvgIpc) is 2.39. The topological polar surface area (TPSA) is 41.8 Å². The van der Waals surface area contributed by atoms with Crippen LogP contribution in [0.4, 0.5) is 5.69 Å². The molecular weight excluding hydrogens is 224 g/mol. The first-order valence-electron chi connectivity index (χ1n) is 5.76. The molecule has 0 unspecified atom stereocenters. The second kappa shape index (κ2) is 5.36. The van der Waals surface area contributed by atoms with Crippen LogP contribution in [0.2, 0.25) is 0 Å². The van der Waals surface area contributed by atoms with Crippen LogP contribution in [0.3, 0.4) is 0 Å². The van der Waals surface area contributed by atoms with Gasteiger partial charge in [-0.25, -0.2) is 0 Å². The fourth-order valence-corrected chi connectivity index (χ4v) is 1.70. The minimum atomic E-state index is -0.321. The van der Waals surface area contributed by atoms with Crippen LogP contribution in [0.15, 0.2) is 58.8 Å². The summed E-state index contributed by atoms with van der Waals surface area (Å²) >= 11 is 0. The Morgan fingerprint density at radius 2 is 1.50 bits per heavy atom. The predicted octanol–water partition coefficient (Wildman–Crippen LogP) is 4.23. The van der Waals surface area contributed by atoms with Crippen LogP contribution >= 0.6 is 0 Å². The Bertz CT molecular complexity index is 568. The molecule has 0 bridgehead atoms. The number of nitrogens with zero attached hydrogens (tertiary/aromatic N) is 2. The fraction of sp³-hybridized carbons (Fsp3) is 0.133. The number of amides is 1. The molecule has 90 valence electrons. The van der Waals surface area contributed by atoms with Gasteiger partial charge in [0.25, 0.3) is 5.91 Å². The molecule has 0 fully saturated rings. The van der Waals surface area contributed by atoms with Crippen LogP contribution in [0.1, 0.15) is 21.5 Å². The lowest BCUT2D eigenvalue weighted by molar-refractivity contribution is 0.0995. The van der Waals surface area contributed by atoms with Gasteiger partial charge in [-0.05, 0) is 37.1 Å². The van der Waals surface area contributed by atoms with Crippen molar-refractivity contribution in [2.24, 2.45) is 10.2 Å². The molecule has 0 aliphatic rings. The van der Waals surface area contributed by atoms with Crippen molar-refractivity contribution in [3.05, 3.63) is 65.2 Å². The van der Waals surface area contributed by atoms with Crippen LogP contribution in [-0.4, -0.2) is 5.91 Å². The summed E-state index contributed by atoms with van der Waals surface area (Å²) in [7, 11) is 0. The molecule has 2 aromatic carbocycles. The van der Waals surface area contributed by atoms with Gasteiger partial charge in [0, 0.05) is 5.56 Å². The highest BCUT2D eigenvalue weighted by Crippen LogP contribution is 2.23. The van der Waals surface area contributed by atoms with E-state index < -0.39 is 0 Å². The zero-order valence-corrected chi connectivity index (χ0v) is 10.4. The lowest BCUT2D eigenvalue weighted by Crippen LogP contribution is -1.92. The Balaban J connectivity index is 2.24. The van der Waals surface area contributed by atoms with Crippen molar-refractivity contribution in [1.82, 2.24) is 0 Å². The summed E-state index contributed by atoms with van der Waals surface area (Å²) in [6.45, 7) is 3.91. The maximum absolute atomic E-state index is 11.8. The number of hydrogen-bond acceptors (Lipinski definition) is 2. The zero-order valence-electron chi connectivity index (χ0n) is 10.4. The van der Waals surface area contributed by atoms with Gasteiger partial charge in [0.05, 0.1) is 5.69 Å². The van der Waals surface area contributed by atoms with E-state index in [0.717, 1.165) is 16.8 Å². The number of carbonyl (C=O) groups excluding carboxylic acids is 1. The van der Waals surface area contributed by atoms with Crippen molar-refractivity contribution in [2.45, 2.75) is 13.8 Å². The summed E-state index contributed by atoms with van der Waals surface area (Å²) in [5, 5.41) is 7.83. The number of benzene rings is 2. The smallest absolute Gasteiger partial charge is 0.265 e. The van der Waals surface area contributed by atoms with Crippen molar-refractivity contribution in [2.75, 3.05) is 0 Å². The normalized spacial score (nSPS) is 10.8. The van der Waals surface area contributed by atoms with E-state index in [4.69, 9.17) is 0 Å². The van der Waals surface area contributed by atoms with Gasteiger partial charge in [-0.1, -0.05) is 36.4 Å². The average molecular weight is 238 g/mol. The first-order valence-corrected chi connectivity index (χ1v) is 5.76. The maximum atomic E-state index is 11.8. The van der Waals surface area contributed by atoms with Gasteiger partial charge >= 0.3 is 0 Å². The van der Waals surface area contributed by atoms with Crippen molar-refractivity contribution in [3.8, 4) is 0 Å². The largest absolute Gasteiger partial charge is 0.295 e. The van der Waals surface area contributed by atoms with E-state index in [-0.39, 0.29) is 5.91 Å². The van der Waals surface area contributed by atoms with Crippen molar-refractivity contribution in [3.63, 3.8) is 0 Å². The Hall–Kier alpha value is -2.29. The van der Waals surface area contributed by atoms with E-state index in [1.54, 1.807) is 12.1 Å². The third-order valence-electron chi connectivity index (χ3n) is 2.70. The van der Waals surface area contributed by atoms with E-state index >= 15 is 0 Å². The monoisotopic (exact) mass is 238 g/mol. The number of carbonyl (C=O) groups is 1. The lowest BCUT2D eigenvalue weighted by atomic mass is 10.1. The van der Waals surface area contributed by atoms with E-state index in [2.05, 4.69) is 10.2 Å². The molecule has 0 spiro atoms. The van der Waals surface area contributed by atoms with Crippen LogP contribution in [-0.2, 0) is 0 Å². The molecule has 0 aliphatic heterocycles. The van der Waals surface area contributed by atoms with Crippen molar-refractivity contribution in [1.29, 1.82) is 0 Å². The first kappa shape index (κ1) is 12.2. The quantitative estimate of drug-likeness (QED) is 0.722. The summed E-state index contributed by atoms with van der Waals surface area (Å²) in [5.74, 6) is -0.321. The highest BCUT2D eigenvalue weighted by molar-refractivity contribution is 5.94. The molecule has 0 saturated heterocycles. The van der Waals surface area contributed by atoms with Gasteiger partial charge < -0.3 is 0 Å². The number of rotatable bonds is 2. The molecule has 2 rings (SSSR count). The minimum absolute atomic E-state index is 0.321. The number of aryl methyl sites for hydroxylation is 2. The van der Waals surface area contributed by atoms with Crippen LogP contribution < -0.4 is 0 Å². The molecule has 0 saturated carbocycles. The van der Waals surface area contributed by atoms with E-state index in [1.807, 2.05) is 50.2 Å². The molecule has 3 heteroatoms. The SMILES string of the molecule is Cc1cccc(C)c1N=NC(=O)c1ccccc1. The first-order chi connectivity index (χ1) is 8.68. The van der Waals surface area contributed by atoms with E-state index in [1.165, 1.54) is 0 Å².